The third kappa shape index (κ3) is 1.68. The molecular formula is C12H12F2O2. The Balaban J connectivity index is 2.17. The average molecular weight is 226 g/mol. The van der Waals surface area contributed by atoms with E-state index in [9.17, 15) is 13.6 Å². The molecule has 1 aromatic rings. The molecular weight excluding hydrogens is 214 g/mol. The lowest BCUT2D eigenvalue weighted by Crippen LogP contribution is -2.22. The lowest BCUT2D eigenvalue weighted by molar-refractivity contribution is -0.151. The zero-order valence-corrected chi connectivity index (χ0v) is 8.87. The lowest BCUT2D eigenvalue weighted by Gasteiger charge is -2.07. The molecule has 2 unspecified atom stereocenters. The predicted molar refractivity (Wildman–Crippen MR) is 54.2 cm³/mol. The van der Waals surface area contributed by atoms with Crippen molar-refractivity contribution in [3.05, 3.63) is 35.6 Å². The first-order valence-corrected chi connectivity index (χ1v) is 5.20. The van der Waals surface area contributed by atoms with E-state index in [4.69, 9.17) is 0 Å². The normalized spacial score (nSPS) is 27.6. The van der Waals surface area contributed by atoms with E-state index in [2.05, 4.69) is 4.74 Å². The largest absolute Gasteiger partial charge is 0.464 e. The highest BCUT2D eigenvalue weighted by Crippen LogP contribution is 2.55. The number of esters is 1. The number of hydrogen-bond acceptors (Lipinski definition) is 2. The van der Waals surface area contributed by atoms with Crippen molar-refractivity contribution in [3.8, 4) is 0 Å². The van der Waals surface area contributed by atoms with E-state index in [0.717, 1.165) is 0 Å². The Hall–Kier alpha value is -1.45. The smallest absolute Gasteiger partial charge is 0.344 e. The first-order valence-electron chi connectivity index (χ1n) is 5.20. The molecule has 1 aromatic carbocycles. The molecule has 86 valence electrons. The number of halogens is 2. The van der Waals surface area contributed by atoms with Crippen LogP contribution < -0.4 is 0 Å². The summed E-state index contributed by atoms with van der Waals surface area (Å²) in [7, 11) is 0. The Morgan fingerprint density at radius 2 is 2.25 bits per heavy atom. The van der Waals surface area contributed by atoms with Gasteiger partial charge < -0.3 is 4.74 Å². The van der Waals surface area contributed by atoms with Gasteiger partial charge in [0.25, 0.3) is 0 Å². The number of hydrogen-bond donors (Lipinski definition) is 0. The van der Waals surface area contributed by atoms with Crippen LogP contribution in [0.3, 0.4) is 0 Å². The fraction of sp³-hybridized carbons (Fsp3) is 0.417. The number of benzene rings is 1. The van der Waals surface area contributed by atoms with Gasteiger partial charge in [0.15, 0.2) is 0 Å². The van der Waals surface area contributed by atoms with E-state index in [1.165, 1.54) is 18.2 Å². The molecule has 0 saturated heterocycles. The fourth-order valence-corrected chi connectivity index (χ4v) is 1.83. The van der Waals surface area contributed by atoms with Crippen molar-refractivity contribution < 1.29 is 18.3 Å². The fourth-order valence-electron chi connectivity index (χ4n) is 1.83. The van der Waals surface area contributed by atoms with E-state index in [-0.39, 0.29) is 18.6 Å². The van der Waals surface area contributed by atoms with Gasteiger partial charge in [0.05, 0.1) is 6.61 Å². The molecule has 0 heterocycles. The summed E-state index contributed by atoms with van der Waals surface area (Å²) in [4.78, 5) is 11.3. The molecule has 0 aliphatic heterocycles. The van der Waals surface area contributed by atoms with Gasteiger partial charge in [0.2, 0.25) is 5.67 Å². The minimum absolute atomic E-state index is 0.00671. The SMILES string of the molecule is CCOC(=O)C1(F)CC1c1ccccc1F. The Bertz CT molecular complexity index is 419. The number of carbonyl (C=O) groups is 1. The summed E-state index contributed by atoms with van der Waals surface area (Å²) in [5, 5.41) is 0. The molecule has 1 fully saturated rings. The molecule has 0 aromatic heterocycles. The summed E-state index contributed by atoms with van der Waals surface area (Å²) in [5.74, 6) is -2.06. The number of alkyl halides is 1. The van der Waals surface area contributed by atoms with Crippen molar-refractivity contribution in [1.82, 2.24) is 0 Å². The second-order valence-electron chi connectivity index (χ2n) is 3.86. The van der Waals surface area contributed by atoms with E-state index in [0.29, 0.717) is 0 Å². The summed E-state index contributed by atoms with van der Waals surface area (Å²) in [6.45, 7) is 1.75. The Morgan fingerprint density at radius 3 is 2.88 bits per heavy atom. The van der Waals surface area contributed by atoms with Gasteiger partial charge in [0.1, 0.15) is 5.82 Å². The Kier molecular flexibility index (Phi) is 2.66. The third-order valence-electron chi connectivity index (χ3n) is 2.79. The third-order valence-corrected chi connectivity index (χ3v) is 2.79. The van der Waals surface area contributed by atoms with Crippen molar-refractivity contribution in [2.45, 2.75) is 24.9 Å². The average Bonchev–Trinajstić information content (AvgIpc) is 2.93. The molecule has 1 saturated carbocycles. The molecule has 2 atom stereocenters. The minimum atomic E-state index is -2.03. The second kappa shape index (κ2) is 3.85. The van der Waals surface area contributed by atoms with Gasteiger partial charge in [-0.25, -0.2) is 13.6 Å². The Morgan fingerprint density at radius 1 is 1.56 bits per heavy atom. The van der Waals surface area contributed by atoms with Gasteiger partial charge in [-0.1, -0.05) is 18.2 Å². The summed E-state index contributed by atoms with van der Waals surface area (Å²) in [6, 6.07) is 5.92. The zero-order valence-electron chi connectivity index (χ0n) is 8.87. The van der Waals surface area contributed by atoms with Crippen molar-refractivity contribution in [3.63, 3.8) is 0 Å². The number of carbonyl (C=O) groups excluding carboxylic acids is 1. The maximum atomic E-state index is 14.0. The van der Waals surface area contributed by atoms with Crippen LogP contribution in [0.15, 0.2) is 24.3 Å². The standard InChI is InChI=1S/C12H12F2O2/c1-2-16-11(15)12(14)7-9(12)8-5-3-4-6-10(8)13/h3-6,9H,2,7H2,1H3. The number of ether oxygens (including phenoxy) is 1. The lowest BCUT2D eigenvalue weighted by atomic mass is 10.1. The molecule has 1 aliphatic carbocycles. The molecule has 2 nitrogen and oxygen atoms in total. The molecule has 16 heavy (non-hydrogen) atoms. The van der Waals surface area contributed by atoms with Gasteiger partial charge in [-0.3, -0.25) is 0 Å². The minimum Gasteiger partial charge on any atom is -0.464 e. The van der Waals surface area contributed by atoms with Crippen LogP contribution in [0.2, 0.25) is 0 Å². The molecule has 0 radical (unpaired) electrons. The maximum absolute atomic E-state index is 14.0. The molecule has 2 rings (SSSR count). The van der Waals surface area contributed by atoms with Gasteiger partial charge in [-0.15, -0.1) is 0 Å². The van der Waals surface area contributed by atoms with Crippen LogP contribution in [0, 0.1) is 5.82 Å². The maximum Gasteiger partial charge on any atom is 0.344 e. The molecule has 0 N–H and O–H groups in total. The highest BCUT2D eigenvalue weighted by Gasteiger charge is 2.64. The zero-order chi connectivity index (χ0) is 11.8. The van der Waals surface area contributed by atoms with Crippen LogP contribution in [0.1, 0.15) is 24.8 Å². The first-order chi connectivity index (χ1) is 7.59. The molecule has 0 amide bonds. The van der Waals surface area contributed by atoms with Crippen LogP contribution in [-0.4, -0.2) is 18.2 Å². The Labute approximate surface area is 92.2 Å². The molecule has 0 spiro atoms. The van der Waals surface area contributed by atoms with Crippen molar-refractivity contribution in [1.29, 1.82) is 0 Å². The highest BCUT2D eigenvalue weighted by molar-refractivity contribution is 5.85. The van der Waals surface area contributed by atoms with Crippen LogP contribution in [0.4, 0.5) is 8.78 Å². The number of rotatable bonds is 3. The topological polar surface area (TPSA) is 26.3 Å². The quantitative estimate of drug-likeness (QED) is 0.740. The van der Waals surface area contributed by atoms with Gasteiger partial charge in [0, 0.05) is 12.3 Å². The van der Waals surface area contributed by atoms with Crippen LogP contribution in [0.25, 0.3) is 0 Å². The predicted octanol–water partition coefficient (Wildman–Crippen LogP) is 2.58. The summed E-state index contributed by atoms with van der Waals surface area (Å²) < 4.78 is 31.9. The summed E-state index contributed by atoms with van der Waals surface area (Å²) in [5.41, 5.74) is -1.78. The van der Waals surface area contributed by atoms with Gasteiger partial charge in [-0.05, 0) is 18.6 Å². The van der Waals surface area contributed by atoms with Crippen molar-refractivity contribution in [2.24, 2.45) is 0 Å². The monoisotopic (exact) mass is 226 g/mol. The van der Waals surface area contributed by atoms with Crippen molar-refractivity contribution in [2.75, 3.05) is 6.61 Å². The first kappa shape index (κ1) is 11.0. The van der Waals surface area contributed by atoms with Gasteiger partial charge >= 0.3 is 5.97 Å². The van der Waals surface area contributed by atoms with Crippen molar-refractivity contribution >= 4 is 5.97 Å². The van der Waals surface area contributed by atoms with Gasteiger partial charge in [-0.2, -0.15) is 0 Å². The highest BCUT2D eigenvalue weighted by atomic mass is 19.1. The van der Waals surface area contributed by atoms with E-state index in [1.54, 1.807) is 13.0 Å². The van der Waals surface area contributed by atoms with Crippen LogP contribution in [0.5, 0.6) is 0 Å². The van der Waals surface area contributed by atoms with E-state index in [1.807, 2.05) is 0 Å². The second-order valence-corrected chi connectivity index (χ2v) is 3.86. The van der Waals surface area contributed by atoms with Crippen LogP contribution >= 0.6 is 0 Å². The molecule has 1 aliphatic rings. The summed E-state index contributed by atoms with van der Waals surface area (Å²) in [6.07, 6.45) is 0.00671. The van der Waals surface area contributed by atoms with E-state index >= 15 is 0 Å². The van der Waals surface area contributed by atoms with E-state index < -0.39 is 23.4 Å². The molecule has 0 bridgehead atoms. The van der Waals surface area contributed by atoms with Crippen LogP contribution in [-0.2, 0) is 9.53 Å². The molecule has 4 heteroatoms. The summed E-state index contributed by atoms with van der Waals surface area (Å²) >= 11 is 0.